The van der Waals surface area contributed by atoms with E-state index in [1.807, 2.05) is 0 Å². The lowest BCUT2D eigenvalue weighted by atomic mass is 9.78. The monoisotopic (exact) mass is 154 g/mol. The third kappa shape index (κ3) is 1.64. The smallest absolute Gasteiger partial charge is 0.0845 e. The zero-order valence-electron chi connectivity index (χ0n) is 8.19. The normalized spacial score (nSPS) is 23.5. The molecule has 11 heavy (non-hydrogen) atoms. The molecular formula is C10H18O. The highest BCUT2D eigenvalue weighted by Crippen LogP contribution is 2.39. The number of hydrogen-bond donors (Lipinski definition) is 0. The Labute approximate surface area is 69.4 Å². The van der Waals surface area contributed by atoms with E-state index in [1.165, 1.54) is 5.57 Å². The fraction of sp³-hybridized carbons (Fsp3) is 0.800. The average molecular weight is 154 g/mol. The van der Waals surface area contributed by atoms with Crippen LogP contribution in [-0.2, 0) is 4.74 Å². The summed E-state index contributed by atoms with van der Waals surface area (Å²) in [5.41, 5.74) is 1.63. The van der Waals surface area contributed by atoms with E-state index in [4.69, 9.17) is 4.74 Å². The minimum absolute atomic E-state index is 0.0434. The maximum absolute atomic E-state index is 5.59. The van der Waals surface area contributed by atoms with Crippen LogP contribution in [0.2, 0.25) is 0 Å². The van der Waals surface area contributed by atoms with Crippen LogP contribution in [0.3, 0.4) is 0 Å². The van der Waals surface area contributed by atoms with Gasteiger partial charge in [-0.2, -0.15) is 0 Å². The van der Waals surface area contributed by atoms with Crippen LogP contribution in [0, 0.1) is 5.41 Å². The van der Waals surface area contributed by atoms with E-state index in [0.717, 1.165) is 6.61 Å². The summed E-state index contributed by atoms with van der Waals surface area (Å²) in [6, 6.07) is 0. The highest BCUT2D eigenvalue weighted by atomic mass is 16.5. The predicted molar refractivity (Wildman–Crippen MR) is 47.6 cm³/mol. The molecule has 0 unspecified atom stereocenters. The summed E-state index contributed by atoms with van der Waals surface area (Å²) in [6.45, 7) is 11.7. The Balaban J connectivity index is 2.89. The van der Waals surface area contributed by atoms with Crippen molar-refractivity contribution in [1.29, 1.82) is 0 Å². The molecule has 0 N–H and O–H groups in total. The molecule has 0 fully saturated rings. The molecule has 1 rings (SSSR count). The maximum atomic E-state index is 5.59. The lowest BCUT2D eigenvalue weighted by Crippen LogP contribution is -2.29. The molecule has 0 atom stereocenters. The quantitative estimate of drug-likeness (QED) is 0.487. The first-order valence-corrected chi connectivity index (χ1v) is 4.19. The second-order valence-corrected chi connectivity index (χ2v) is 4.69. The Hall–Kier alpha value is -0.300. The summed E-state index contributed by atoms with van der Waals surface area (Å²) in [7, 11) is 0. The van der Waals surface area contributed by atoms with Crippen LogP contribution in [-0.4, -0.2) is 12.2 Å². The van der Waals surface area contributed by atoms with Gasteiger partial charge in [0.15, 0.2) is 0 Å². The molecule has 0 amide bonds. The minimum Gasteiger partial charge on any atom is -0.367 e. The van der Waals surface area contributed by atoms with Crippen molar-refractivity contribution in [2.45, 2.75) is 40.2 Å². The van der Waals surface area contributed by atoms with Gasteiger partial charge < -0.3 is 4.74 Å². The summed E-state index contributed by atoms with van der Waals surface area (Å²) in [5.74, 6) is 0. The van der Waals surface area contributed by atoms with Crippen molar-refractivity contribution in [2.24, 2.45) is 5.41 Å². The first-order valence-electron chi connectivity index (χ1n) is 4.19. The first-order chi connectivity index (χ1) is 4.84. The second-order valence-electron chi connectivity index (χ2n) is 4.69. The zero-order valence-corrected chi connectivity index (χ0v) is 8.19. The molecule has 0 radical (unpaired) electrons. The standard InChI is InChI=1S/C10H18O/c1-9(2,3)8-6-7-11-10(8,4)5/h6H,7H2,1-5H3. The summed E-state index contributed by atoms with van der Waals surface area (Å²) >= 11 is 0. The molecule has 0 aromatic carbocycles. The summed E-state index contributed by atoms with van der Waals surface area (Å²) < 4.78 is 5.59. The SMILES string of the molecule is CC(C)(C)C1=CCOC1(C)C. The van der Waals surface area contributed by atoms with Crippen molar-refractivity contribution < 1.29 is 4.74 Å². The van der Waals surface area contributed by atoms with Gasteiger partial charge in [0.05, 0.1) is 12.2 Å². The van der Waals surface area contributed by atoms with E-state index in [1.54, 1.807) is 0 Å². The van der Waals surface area contributed by atoms with Gasteiger partial charge in [0.1, 0.15) is 0 Å². The van der Waals surface area contributed by atoms with Crippen molar-refractivity contribution in [3.05, 3.63) is 11.6 Å². The van der Waals surface area contributed by atoms with Crippen molar-refractivity contribution in [3.8, 4) is 0 Å². The van der Waals surface area contributed by atoms with Gasteiger partial charge in [0.25, 0.3) is 0 Å². The lowest BCUT2D eigenvalue weighted by molar-refractivity contribution is 0.0391. The van der Waals surface area contributed by atoms with Gasteiger partial charge in [-0.1, -0.05) is 26.8 Å². The highest BCUT2D eigenvalue weighted by molar-refractivity contribution is 5.24. The Kier molecular flexibility index (Phi) is 1.87. The van der Waals surface area contributed by atoms with Gasteiger partial charge in [-0.25, -0.2) is 0 Å². The van der Waals surface area contributed by atoms with Gasteiger partial charge >= 0.3 is 0 Å². The van der Waals surface area contributed by atoms with Crippen LogP contribution in [0.4, 0.5) is 0 Å². The molecular weight excluding hydrogens is 136 g/mol. The molecule has 0 aromatic heterocycles. The van der Waals surface area contributed by atoms with Gasteiger partial charge in [0, 0.05) is 0 Å². The fourth-order valence-electron chi connectivity index (χ4n) is 1.87. The molecule has 1 heteroatoms. The van der Waals surface area contributed by atoms with Gasteiger partial charge in [0.2, 0.25) is 0 Å². The Morgan fingerprint density at radius 1 is 1.36 bits per heavy atom. The Morgan fingerprint density at radius 2 is 1.91 bits per heavy atom. The topological polar surface area (TPSA) is 9.23 Å². The molecule has 0 spiro atoms. The zero-order chi connectivity index (χ0) is 8.70. The van der Waals surface area contributed by atoms with E-state index in [9.17, 15) is 0 Å². The molecule has 0 aromatic rings. The van der Waals surface area contributed by atoms with Gasteiger partial charge in [-0.3, -0.25) is 0 Å². The molecule has 0 saturated carbocycles. The molecule has 0 bridgehead atoms. The van der Waals surface area contributed by atoms with Crippen LogP contribution < -0.4 is 0 Å². The maximum Gasteiger partial charge on any atom is 0.0845 e. The van der Waals surface area contributed by atoms with E-state index in [-0.39, 0.29) is 11.0 Å². The number of ether oxygens (including phenoxy) is 1. The van der Waals surface area contributed by atoms with Crippen LogP contribution >= 0.6 is 0 Å². The Morgan fingerprint density at radius 3 is 2.09 bits per heavy atom. The van der Waals surface area contributed by atoms with E-state index in [2.05, 4.69) is 40.7 Å². The molecule has 0 saturated heterocycles. The predicted octanol–water partition coefficient (Wildman–Crippen LogP) is 2.77. The highest BCUT2D eigenvalue weighted by Gasteiger charge is 2.35. The molecule has 1 heterocycles. The van der Waals surface area contributed by atoms with E-state index >= 15 is 0 Å². The molecule has 1 aliphatic rings. The van der Waals surface area contributed by atoms with Crippen LogP contribution in [0.5, 0.6) is 0 Å². The minimum atomic E-state index is -0.0434. The number of hydrogen-bond acceptors (Lipinski definition) is 1. The Bertz CT molecular complexity index is 182. The van der Waals surface area contributed by atoms with E-state index < -0.39 is 0 Å². The van der Waals surface area contributed by atoms with Crippen LogP contribution in [0.25, 0.3) is 0 Å². The molecule has 0 aliphatic carbocycles. The van der Waals surface area contributed by atoms with Gasteiger partial charge in [-0.15, -0.1) is 0 Å². The molecule has 1 aliphatic heterocycles. The second kappa shape index (κ2) is 2.34. The summed E-state index contributed by atoms with van der Waals surface area (Å²) in [5, 5.41) is 0. The molecule has 1 nitrogen and oxygen atoms in total. The van der Waals surface area contributed by atoms with Crippen LogP contribution in [0.15, 0.2) is 11.6 Å². The van der Waals surface area contributed by atoms with E-state index in [0.29, 0.717) is 0 Å². The van der Waals surface area contributed by atoms with Crippen molar-refractivity contribution >= 4 is 0 Å². The number of rotatable bonds is 0. The fourth-order valence-corrected chi connectivity index (χ4v) is 1.87. The first kappa shape index (κ1) is 8.79. The lowest BCUT2D eigenvalue weighted by Gasteiger charge is -2.31. The molecule has 64 valence electrons. The van der Waals surface area contributed by atoms with Crippen LogP contribution in [0.1, 0.15) is 34.6 Å². The van der Waals surface area contributed by atoms with Gasteiger partial charge in [-0.05, 0) is 24.8 Å². The average Bonchev–Trinajstić information content (AvgIpc) is 2.06. The van der Waals surface area contributed by atoms with Crippen molar-refractivity contribution in [1.82, 2.24) is 0 Å². The van der Waals surface area contributed by atoms with Crippen molar-refractivity contribution in [3.63, 3.8) is 0 Å². The largest absolute Gasteiger partial charge is 0.367 e. The summed E-state index contributed by atoms with van der Waals surface area (Å²) in [4.78, 5) is 0. The third-order valence-corrected chi connectivity index (χ3v) is 2.19. The summed E-state index contributed by atoms with van der Waals surface area (Å²) in [6.07, 6.45) is 2.21. The third-order valence-electron chi connectivity index (χ3n) is 2.19. The van der Waals surface area contributed by atoms with Crippen molar-refractivity contribution in [2.75, 3.05) is 6.61 Å².